The predicted octanol–water partition coefficient (Wildman–Crippen LogP) is 6.62. The maximum absolute atomic E-state index is 12.2. The Morgan fingerprint density at radius 1 is 0.844 bits per heavy atom. The number of halogens is 2. The van der Waals surface area contributed by atoms with Gasteiger partial charge in [-0.05, 0) is 59.2 Å². The van der Waals surface area contributed by atoms with E-state index >= 15 is 0 Å². The molecule has 1 amide bonds. The van der Waals surface area contributed by atoms with E-state index < -0.39 is 5.91 Å². The molecule has 0 radical (unpaired) electrons. The standard InChI is InChI=1S/C26H18Cl2N2O2/c27-18-10-8-15(9-11-18)17-12-22-25(23(31)13-17)24-19(26(29)32)5-3-7-21(24)30(22)14-16-4-1-2-6-20(16)28/h1-13,31H,14H2,(H2,29,32). The molecule has 5 aromatic rings. The van der Waals surface area contributed by atoms with E-state index in [9.17, 15) is 9.90 Å². The fraction of sp³-hybridized carbons (Fsp3) is 0.0385. The summed E-state index contributed by atoms with van der Waals surface area (Å²) in [6.07, 6.45) is 0. The highest BCUT2D eigenvalue weighted by atomic mass is 35.5. The Bertz CT molecular complexity index is 1500. The lowest BCUT2D eigenvalue weighted by Gasteiger charge is -2.11. The number of carbonyl (C=O) groups is 1. The summed E-state index contributed by atoms with van der Waals surface area (Å²) in [4.78, 5) is 12.2. The van der Waals surface area contributed by atoms with Gasteiger partial charge in [0, 0.05) is 27.5 Å². The second kappa shape index (κ2) is 7.90. The van der Waals surface area contributed by atoms with Crippen LogP contribution in [0.1, 0.15) is 15.9 Å². The molecule has 0 fully saturated rings. The summed E-state index contributed by atoms with van der Waals surface area (Å²) in [5.41, 5.74) is 10.3. The number of fused-ring (bicyclic) bond motifs is 3. The molecule has 4 aromatic carbocycles. The number of nitrogens with zero attached hydrogens (tertiary/aromatic N) is 1. The summed E-state index contributed by atoms with van der Waals surface area (Å²) in [5, 5.41) is 13.6. The van der Waals surface area contributed by atoms with Gasteiger partial charge in [0.25, 0.3) is 0 Å². The van der Waals surface area contributed by atoms with Gasteiger partial charge in [-0.3, -0.25) is 4.79 Å². The number of hydrogen-bond donors (Lipinski definition) is 2. The minimum absolute atomic E-state index is 0.0732. The first-order chi connectivity index (χ1) is 15.4. The van der Waals surface area contributed by atoms with Gasteiger partial charge < -0.3 is 15.4 Å². The highest BCUT2D eigenvalue weighted by Gasteiger charge is 2.20. The Kier molecular flexibility index (Phi) is 5.04. The van der Waals surface area contributed by atoms with Gasteiger partial charge in [0.2, 0.25) is 5.91 Å². The van der Waals surface area contributed by atoms with Gasteiger partial charge in [-0.2, -0.15) is 0 Å². The van der Waals surface area contributed by atoms with Crippen LogP contribution in [0, 0.1) is 0 Å². The topological polar surface area (TPSA) is 68.2 Å². The fourth-order valence-electron chi connectivity index (χ4n) is 4.22. The highest BCUT2D eigenvalue weighted by Crippen LogP contribution is 2.41. The maximum Gasteiger partial charge on any atom is 0.249 e. The third-order valence-corrected chi connectivity index (χ3v) is 6.32. The Labute approximate surface area is 194 Å². The number of aromatic nitrogens is 1. The second-order valence-corrected chi connectivity index (χ2v) is 8.48. The van der Waals surface area contributed by atoms with E-state index in [2.05, 4.69) is 4.57 Å². The summed E-state index contributed by atoms with van der Waals surface area (Å²) in [6, 6.07) is 24.1. The normalized spacial score (nSPS) is 11.3. The van der Waals surface area contributed by atoms with E-state index in [1.54, 1.807) is 18.2 Å². The van der Waals surface area contributed by atoms with Crippen LogP contribution in [-0.2, 0) is 6.54 Å². The van der Waals surface area contributed by atoms with Crippen LogP contribution in [0.25, 0.3) is 32.9 Å². The van der Waals surface area contributed by atoms with Crippen molar-refractivity contribution in [3.63, 3.8) is 0 Å². The molecule has 0 aliphatic carbocycles. The number of primary amides is 1. The number of hydrogen-bond acceptors (Lipinski definition) is 2. The van der Waals surface area contributed by atoms with Crippen LogP contribution in [0.15, 0.2) is 78.9 Å². The Morgan fingerprint density at radius 2 is 1.59 bits per heavy atom. The van der Waals surface area contributed by atoms with Crippen LogP contribution in [0.4, 0.5) is 0 Å². The van der Waals surface area contributed by atoms with Gasteiger partial charge in [0.15, 0.2) is 0 Å². The molecule has 32 heavy (non-hydrogen) atoms. The lowest BCUT2D eigenvalue weighted by atomic mass is 10.0. The van der Waals surface area contributed by atoms with Crippen LogP contribution < -0.4 is 5.73 Å². The van der Waals surface area contributed by atoms with Crippen molar-refractivity contribution < 1.29 is 9.90 Å². The van der Waals surface area contributed by atoms with Crippen molar-refractivity contribution in [1.29, 1.82) is 0 Å². The van der Waals surface area contributed by atoms with Crippen molar-refractivity contribution in [1.82, 2.24) is 4.57 Å². The van der Waals surface area contributed by atoms with Crippen molar-refractivity contribution in [3.8, 4) is 16.9 Å². The van der Waals surface area contributed by atoms with Crippen LogP contribution >= 0.6 is 23.2 Å². The lowest BCUT2D eigenvalue weighted by Crippen LogP contribution is -2.11. The molecule has 4 nitrogen and oxygen atoms in total. The summed E-state index contributed by atoms with van der Waals surface area (Å²) in [6.45, 7) is 0.464. The average molecular weight is 461 g/mol. The Morgan fingerprint density at radius 3 is 2.31 bits per heavy atom. The SMILES string of the molecule is NC(=O)c1cccc2c1c1c(O)cc(-c3ccc(Cl)cc3)cc1n2Cc1ccccc1Cl. The van der Waals surface area contributed by atoms with Crippen molar-refractivity contribution in [2.45, 2.75) is 6.54 Å². The number of carbonyl (C=O) groups excluding carboxylic acids is 1. The van der Waals surface area contributed by atoms with Crippen LogP contribution in [-0.4, -0.2) is 15.6 Å². The molecule has 3 N–H and O–H groups in total. The van der Waals surface area contributed by atoms with Crippen molar-refractivity contribution in [2.24, 2.45) is 5.73 Å². The highest BCUT2D eigenvalue weighted by molar-refractivity contribution is 6.31. The minimum Gasteiger partial charge on any atom is -0.507 e. The molecule has 158 valence electrons. The number of nitrogens with two attached hydrogens (primary N) is 1. The van der Waals surface area contributed by atoms with Gasteiger partial charge in [0.1, 0.15) is 5.75 Å². The molecule has 0 atom stereocenters. The van der Waals surface area contributed by atoms with Crippen LogP contribution in [0.5, 0.6) is 5.75 Å². The zero-order valence-corrected chi connectivity index (χ0v) is 18.4. The number of amides is 1. The summed E-state index contributed by atoms with van der Waals surface area (Å²) < 4.78 is 2.05. The predicted molar refractivity (Wildman–Crippen MR) is 131 cm³/mol. The first kappa shape index (κ1) is 20.4. The van der Waals surface area contributed by atoms with E-state index in [4.69, 9.17) is 28.9 Å². The zero-order valence-electron chi connectivity index (χ0n) is 16.8. The van der Waals surface area contributed by atoms with Gasteiger partial charge in [-0.1, -0.05) is 59.6 Å². The zero-order chi connectivity index (χ0) is 22.4. The molecule has 0 spiro atoms. The number of phenolic OH excluding ortho intramolecular Hbond substituents is 1. The molecular formula is C26H18Cl2N2O2. The van der Waals surface area contributed by atoms with Gasteiger partial charge in [-0.25, -0.2) is 0 Å². The van der Waals surface area contributed by atoms with E-state index in [1.165, 1.54) is 0 Å². The van der Waals surface area contributed by atoms with Gasteiger partial charge in [0.05, 0.1) is 16.4 Å². The third-order valence-electron chi connectivity index (χ3n) is 5.70. The van der Waals surface area contributed by atoms with Crippen molar-refractivity contribution in [3.05, 3.63) is 100 Å². The molecule has 5 rings (SSSR count). The van der Waals surface area contributed by atoms with Gasteiger partial charge >= 0.3 is 0 Å². The van der Waals surface area contributed by atoms with Crippen molar-refractivity contribution in [2.75, 3.05) is 0 Å². The molecule has 0 saturated carbocycles. The molecular weight excluding hydrogens is 443 g/mol. The molecule has 0 bridgehead atoms. The molecule has 1 aromatic heterocycles. The fourth-order valence-corrected chi connectivity index (χ4v) is 4.54. The number of rotatable bonds is 4. The molecule has 0 aliphatic rings. The molecule has 0 saturated heterocycles. The number of aromatic hydroxyl groups is 1. The molecule has 6 heteroatoms. The largest absolute Gasteiger partial charge is 0.507 e. The molecule has 0 aliphatic heterocycles. The number of phenols is 1. The van der Waals surface area contributed by atoms with E-state index in [0.717, 1.165) is 27.7 Å². The minimum atomic E-state index is -0.548. The van der Waals surface area contributed by atoms with Crippen LogP contribution in [0.3, 0.4) is 0 Å². The Hall–Kier alpha value is -3.47. The Balaban J connectivity index is 1.86. The monoisotopic (exact) mass is 460 g/mol. The van der Waals surface area contributed by atoms with E-state index in [1.807, 2.05) is 60.7 Å². The number of benzene rings is 4. The maximum atomic E-state index is 12.2. The van der Waals surface area contributed by atoms with Crippen molar-refractivity contribution >= 4 is 50.9 Å². The van der Waals surface area contributed by atoms with Gasteiger partial charge in [-0.15, -0.1) is 0 Å². The quantitative estimate of drug-likeness (QED) is 0.316. The van der Waals surface area contributed by atoms with E-state index in [-0.39, 0.29) is 5.75 Å². The molecule has 1 heterocycles. The third kappa shape index (κ3) is 3.38. The smallest absolute Gasteiger partial charge is 0.249 e. The second-order valence-electron chi connectivity index (χ2n) is 7.64. The average Bonchev–Trinajstić information content (AvgIpc) is 3.09. The summed E-state index contributed by atoms with van der Waals surface area (Å²) >= 11 is 12.5. The first-order valence-corrected chi connectivity index (χ1v) is 10.8. The van der Waals surface area contributed by atoms with Crippen LogP contribution in [0.2, 0.25) is 10.0 Å². The summed E-state index contributed by atoms with van der Waals surface area (Å²) in [7, 11) is 0. The molecule has 0 unspecified atom stereocenters. The lowest BCUT2D eigenvalue weighted by molar-refractivity contribution is 0.100. The van der Waals surface area contributed by atoms with E-state index in [0.29, 0.717) is 32.9 Å². The first-order valence-electron chi connectivity index (χ1n) is 10.0. The summed E-state index contributed by atoms with van der Waals surface area (Å²) in [5.74, 6) is -0.474.